The van der Waals surface area contributed by atoms with Gasteiger partial charge in [0.25, 0.3) is 0 Å². The van der Waals surface area contributed by atoms with Crippen LogP contribution >= 0.6 is 0 Å². The number of likely N-dealkylation sites (tertiary alicyclic amines) is 1. The average molecular weight is 277 g/mol. The van der Waals surface area contributed by atoms with Gasteiger partial charge in [0.1, 0.15) is 18.4 Å². The van der Waals surface area contributed by atoms with E-state index < -0.39 is 6.04 Å². The lowest BCUT2D eigenvalue weighted by Gasteiger charge is -2.29. The van der Waals surface area contributed by atoms with Gasteiger partial charge in [-0.2, -0.15) is 0 Å². The van der Waals surface area contributed by atoms with Crippen molar-refractivity contribution in [2.24, 2.45) is 0 Å². The molecular weight excluding hydrogens is 258 g/mol. The summed E-state index contributed by atoms with van der Waals surface area (Å²) in [6, 6.07) is 8.74. The van der Waals surface area contributed by atoms with Crippen LogP contribution in [0.3, 0.4) is 0 Å². The van der Waals surface area contributed by atoms with Crippen LogP contribution in [0.2, 0.25) is 0 Å². The van der Waals surface area contributed by atoms with Gasteiger partial charge >= 0.3 is 5.97 Å². The van der Waals surface area contributed by atoms with E-state index in [1.807, 2.05) is 37.3 Å². The Morgan fingerprint density at radius 1 is 1.40 bits per heavy atom. The molecule has 20 heavy (non-hydrogen) atoms. The molecule has 2 rings (SSSR count). The summed E-state index contributed by atoms with van der Waals surface area (Å²) >= 11 is 0. The minimum absolute atomic E-state index is 0.0236. The molecule has 0 aliphatic carbocycles. The molecule has 5 nitrogen and oxygen atoms in total. The van der Waals surface area contributed by atoms with Gasteiger partial charge in [0, 0.05) is 6.42 Å². The molecule has 2 unspecified atom stereocenters. The fourth-order valence-electron chi connectivity index (χ4n) is 2.44. The summed E-state index contributed by atoms with van der Waals surface area (Å²) in [6.45, 7) is 2.23. The van der Waals surface area contributed by atoms with Gasteiger partial charge in [-0.15, -0.1) is 0 Å². The summed E-state index contributed by atoms with van der Waals surface area (Å²) in [5.74, 6) is 0.368. The molecular formula is C15H19NO4. The van der Waals surface area contributed by atoms with Gasteiger partial charge < -0.3 is 14.4 Å². The predicted octanol–water partition coefficient (Wildman–Crippen LogP) is 1.62. The van der Waals surface area contributed by atoms with E-state index in [2.05, 4.69) is 0 Å². The molecule has 1 heterocycles. The minimum Gasteiger partial charge on any atom is -0.491 e. The van der Waals surface area contributed by atoms with Crippen molar-refractivity contribution in [1.29, 1.82) is 0 Å². The molecule has 5 heteroatoms. The number of carbonyl (C=O) groups is 2. The van der Waals surface area contributed by atoms with Crippen molar-refractivity contribution in [1.82, 2.24) is 4.90 Å². The Morgan fingerprint density at radius 3 is 2.75 bits per heavy atom. The Kier molecular flexibility index (Phi) is 4.61. The standard InChI is InChI=1S/C15H19NO4/c1-11(10-20-12-6-4-3-5-7-12)16-13(15(18)19-2)8-9-14(16)17/h3-7,11,13H,8-10H2,1-2H3. The highest BCUT2D eigenvalue weighted by Gasteiger charge is 2.39. The first-order chi connectivity index (χ1) is 9.63. The zero-order chi connectivity index (χ0) is 14.5. The van der Waals surface area contributed by atoms with E-state index in [9.17, 15) is 9.59 Å². The Balaban J connectivity index is 1.97. The van der Waals surface area contributed by atoms with Crippen LogP contribution in [0, 0.1) is 0 Å². The number of rotatable bonds is 5. The Morgan fingerprint density at radius 2 is 2.10 bits per heavy atom. The number of esters is 1. The number of methoxy groups -OCH3 is 1. The zero-order valence-corrected chi connectivity index (χ0v) is 11.7. The quantitative estimate of drug-likeness (QED) is 0.767. The number of amides is 1. The van der Waals surface area contributed by atoms with Gasteiger partial charge in [-0.3, -0.25) is 4.79 Å². The molecule has 0 aromatic heterocycles. The second kappa shape index (κ2) is 6.41. The molecule has 1 aromatic carbocycles. The van der Waals surface area contributed by atoms with E-state index in [0.29, 0.717) is 19.4 Å². The molecule has 0 radical (unpaired) electrons. The van der Waals surface area contributed by atoms with Crippen molar-refractivity contribution in [2.75, 3.05) is 13.7 Å². The number of nitrogens with zero attached hydrogens (tertiary/aromatic N) is 1. The van der Waals surface area contributed by atoms with Crippen molar-refractivity contribution >= 4 is 11.9 Å². The smallest absolute Gasteiger partial charge is 0.328 e. The SMILES string of the molecule is COC(=O)C1CCC(=O)N1C(C)COc1ccccc1. The van der Waals surface area contributed by atoms with E-state index >= 15 is 0 Å². The molecule has 1 aliphatic heterocycles. The van der Waals surface area contributed by atoms with E-state index in [1.54, 1.807) is 4.90 Å². The van der Waals surface area contributed by atoms with Crippen molar-refractivity contribution in [3.05, 3.63) is 30.3 Å². The van der Waals surface area contributed by atoms with Crippen LogP contribution in [0.4, 0.5) is 0 Å². The van der Waals surface area contributed by atoms with Gasteiger partial charge in [-0.05, 0) is 25.5 Å². The molecule has 1 saturated heterocycles. The third kappa shape index (κ3) is 3.10. The fourth-order valence-corrected chi connectivity index (χ4v) is 2.44. The molecule has 1 aromatic rings. The van der Waals surface area contributed by atoms with Crippen LogP contribution < -0.4 is 4.74 Å². The molecule has 2 atom stereocenters. The van der Waals surface area contributed by atoms with Crippen molar-refractivity contribution in [3.63, 3.8) is 0 Å². The average Bonchev–Trinajstić information content (AvgIpc) is 2.87. The second-order valence-corrected chi connectivity index (χ2v) is 4.85. The van der Waals surface area contributed by atoms with Crippen LogP contribution in [-0.2, 0) is 14.3 Å². The number of hydrogen-bond donors (Lipinski definition) is 0. The zero-order valence-electron chi connectivity index (χ0n) is 11.7. The number of ether oxygens (including phenoxy) is 2. The van der Waals surface area contributed by atoms with Crippen LogP contribution in [-0.4, -0.2) is 42.6 Å². The Bertz CT molecular complexity index is 474. The van der Waals surface area contributed by atoms with E-state index in [0.717, 1.165) is 5.75 Å². The highest BCUT2D eigenvalue weighted by atomic mass is 16.5. The van der Waals surface area contributed by atoms with Gasteiger partial charge in [-0.25, -0.2) is 4.79 Å². The first-order valence-corrected chi connectivity index (χ1v) is 6.70. The normalized spacial score (nSPS) is 19.8. The molecule has 1 aliphatic rings. The van der Waals surface area contributed by atoms with E-state index in [4.69, 9.17) is 9.47 Å². The molecule has 1 fully saturated rings. The van der Waals surface area contributed by atoms with Gasteiger partial charge in [0.05, 0.1) is 13.2 Å². The third-order valence-electron chi connectivity index (χ3n) is 3.44. The van der Waals surface area contributed by atoms with Gasteiger partial charge in [-0.1, -0.05) is 18.2 Å². The number of hydrogen-bond acceptors (Lipinski definition) is 4. The summed E-state index contributed by atoms with van der Waals surface area (Å²) < 4.78 is 10.4. The molecule has 0 saturated carbocycles. The summed E-state index contributed by atoms with van der Waals surface area (Å²) in [5.41, 5.74) is 0. The molecule has 1 amide bonds. The van der Waals surface area contributed by atoms with Crippen molar-refractivity contribution < 1.29 is 19.1 Å². The Labute approximate surface area is 118 Å². The first kappa shape index (κ1) is 14.4. The number of carbonyl (C=O) groups excluding carboxylic acids is 2. The van der Waals surface area contributed by atoms with Crippen LogP contribution in [0.5, 0.6) is 5.75 Å². The maximum absolute atomic E-state index is 11.9. The van der Waals surface area contributed by atoms with Gasteiger partial charge in [0.2, 0.25) is 5.91 Å². The predicted molar refractivity (Wildman–Crippen MR) is 73.3 cm³/mol. The lowest BCUT2D eigenvalue weighted by molar-refractivity contribution is -0.151. The lowest BCUT2D eigenvalue weighted by atomic mass is 10.2. The third-order valence-corrected chi connectivity index (χ3v) is 3.44. The van der Waals surface area contributed by atoms with Crippen LogP contribution in [0.15, 0.2) is 30.3 Å². The number of para-hydroxylation sites is 1. The maximum Gasteiger partial charge on any atom is 0.328 e. The molecule has 0 bridgehead atoms. The highest BCUT2D eigenvalue weighted by Crippen LogP contribution is 2.23. The van der Waals surface area contributed by atoms with Crippen LogP contribution in [0.1, 0.15) is 19.8 Å². The van der Waals surface area contributed by atoms with E-state index in [1.165, 1.54) is 7.11 Å². The maximum atomic E-state index is 11.9. The molecule has 108 valence electrons. The largest absolute Gasteiger partial charge is 0.491 e. The van der Waals surface area contributed by atoms with Crippen molar-refractivity contribution in [2.45, 2.75) is 31.8 Å². The summed E-state index contributed by atoms with van der Waals surface area (Å²) in [4.78, 5) is 25.2. The monoisotopic (exact) mass is 277 g/mol. The summed E-state index contributed by atoms with van der Waals surface area (Å²) in [6.07, 6.45) is 0.899. The number of benzene rings is 1. The minimum atomic E-state index is -0.484. The molecule has 0 spiro atoms. The van der Waals surface area contributed by atoms with Crippen LogP contribution in [0.25, 0.3) is 0 Å². The Hall–Kier alpha value is -2.04. The van der Waals surface area contributed by atoms with Gasteiger partial charge in [0.15, 0.2) is 0 Å². The fraction of sp³-hybridized carbons (Fsp3) is 0.467. The molecule has 0 N–H and O–H groups in total. The first-order valence-electron chi connectivity index (χ1n) is 6.70. The van der Waals surface area contributed by atoms with E-state index in [-0.39, 0.29) is 17.9 Å². The lowest BCUT2D eigenvalue weighted by Crippen LogP contribution is -2.47. The summed E-state index contributed by atoms with van der Waals surface area (Å²) in [7, 11) is 1.34. The highest BCUT2D eigenvalue weighted by molar-refractivity contribution is 5.88. The second-order valence-electron chi connectivity index (χ2n) is 4.85. The van der Waals surface area contributed by atoms with Crippen molar-refractivity contribution in [3.8, 4) is 5.75 Å². The topological polar surface area (TPSA) is 55.8 Å². The summed E-state index contributed by atoms with van der Waals surface area (Å²) in [5, 5.41) is 0.